The predicted octanol–water partition coefficient (Wildman–Crippen LogP) is 2.74. The molecule has 0 radical (unpaired) electrons. The van der Waals surface area contributed by atoms with Crippen molar-refractivity contribution in [1.82, 2.24) is 15.0 Å². The van der Waals surface area contributed by atoms with E-state index in [1.165, 1.54) is 0 Å². The molecule has 0 spiro atoms. The van der Waals surface area contributed by atoms with Crippen LogP contribution in [-0.4, -0.2) is 38.6 Å². The summed E-state index contributed by atoms with van der Waals surface area (Å²) in [6.07, 6.45) is 1.04. The maximum absolute atomic E-state index is 13.4. The molecular weight excluding hydrogens is 316 g/mol. The van der Waals surface area contributed by atoms with Gasteiger partial charge in [0.1, 0.15) is 5.82 Å². The third-order valence-electron chi connectivity index (χ3n) is 4.41. The molecule has 4 N–H and O–H groups in total. The summed E-state index contributed by atoms with van der Waals surface area (Å²) in [5.74, 6) is -1.50. The largest absolute Gasteiger partial charge is 0.396 e. The molecule has 1 aromatic rings. The topological polar surface area (TPSA) is 97.0 Å². The van der Waals surface area contributed by atoms with Gasteiger partial charge in [0, 0.05) is 30.9 Å². The summed E-state index contributed by atoms with van der Waals surface area (Å²) in [4.78, 5) is 12.7. The van der Waals surface area contributed by atoms with Crippen LogP contribution in [0.5, 0.6) is 0 Å². The molecule has 0 aromatic carbocycles. The average molecular weight is 343 g/mol. The Morgan fingerprint density at radius 1 is 1.25 bits per heavy atom. The highest BCUT2D eigenvalue weighted by Crippen LogP contribution is 2.38. The lowest BCUT2D eigenvalue weighted by atomic mass is 9.81. The van der Waals surface area contributed by atoms with Gasteiger partial charge in [-0.15, -0.1) is 0 Å². The number of hydrogen-bond donors (Lipinski definition) is 3. The Balaban J connectivity index is 2.15. The van der Waals surface area contributed by atoms with E-state index in [4.69, 9.17) is 5.73 Å². The molecule has 1 heterocycles. The van der Waals surface area contributed by atoms with Crippen molar-refractivity contribution in [3.05, 3.63) is 5.82 Å². The van der Waals surface area contributed by atoms with Crippen molar-refractivity contribution in [1.29, 1.82) is 0 Å². The summed E-state index contributed by atoms with van der Waals surface area (Å²) in [5.41, 5.74) is 5.48. The minimum Gasteiger partial charge on any atom is -0.396 e. The van der Waals surface area contributed by atoms with Crippen molar-refractivity contribution < 1.29 is 13.9 Å². The number of nitrogens with two attached hydrogens (primary N) is 1. The van der Waals surface area contributed by atoms with E-state index in [0.29, 0.717) is 31.0 Å². The van der Waals surface area contributed by atoms with E-state index in [9.17, 15) is 13.9 Å². The Hall–Kier alpha value is -1.57. The van der Waals surface area contributed by atoms with Crippen LogP contribution in [-0.2, 0) is 5.41 Å². The molecule has 1 atom stereocenters. The smallest absolute Gasteiger partial charge is 0.248 e. The van der Waals surface area contributed by atoms with Crippen molar-refractivity contribution in [2.45, 2.75) is 70.3 Å². The minimum atomic E-state index is -2.57. The molecule has 1 aromatic heterocycles. The molecule has 0 amide bonds. The fraction of sp³-hybridized carbons (Fsp3) is 0.812. The van der Waals surface area contributed by atoms with Gasteiger partial charge in [0.2, 0.25) is 17.8 Å². The van der Waals surface area contributed by atoms with Crippen molar-refractivity contribution in [2.75, 3.05) is 17.7 Å². The summed E-state index contributed by atoms with van der Waals surface area (Å²) in [6, 6.07) is -0.166. The number of anilines is 2. The van der Waals surface area contributed by atoms with Gasteiger partial charge in [-0.2, -0.15) is 15.0 Å². The molecule has 1 fully saturated rings. The Morgan fingerprint density at radius 3 is 2.42 bits per heavy atom. The van der Waals surface area contributed by atoms with Crippen LogP contribution in [0.3, 0.4) is 0 Å². The average Bonchev–Trinajstić information content (AvgIpc) is 2.45. The normalized spacial score (nSPS) is 19.9. The number of aliphatic hydroxyl groups is 1. The van der Waals surface area contributed by atoms with Crippen LogP contribution in [0.25, 0.3) is 0 Å². The second kappa shape index (κ2) is 7.13. The first-order valence-electron chi connectivity index (χ1n) is 8.38. The molecule has 136 valence electrons. The van der Waals surface area contributed by atoms with Gasteiger partial charge < -0.3 is 16.2 Å². The highest BCUT2D eigenvalue weighted by molar-refractivity contribution is 5.33. The lowest BCUT2D eigenvalue weighted by Crippen LogP contribution is -2.36. The monoisotopic (exact) mass is 343 g/mol. The van der Waals surface area contributed by atoms with E-state index >= 15 is 0 Å². The van der Waals surface area contributed by atoms with Gasteiger partial charge >= 0.3 is 0 Å². The summed E-state index contributed by atoms with van der Waals surface area (Å²) in [5, 5.41) is 12.5. The number of nitrogens with zero attached hydrogens (tertiary/aromatic N) is 3. The van der Waals surface area contributed by atoms with Crippen molar-refractivity contribution in [3.8, 4) is 0 Å². The highest BCUT2D eigenvalue weighted by atomic mass is 19.3. The summed E-state index contributed by atoms with van der Waals surface area (Å²) in [7, 11) is 0. The molecule has 1 aliphatic carbocycles. The van der Waals surface area contributed by atoms with Crippen molar-refractivity contribution in [3.63, 3.8) is 0 Å². The first-order valence-corrected chi connectivity index (χ1v) is 8.38. The van der Waals surface area contributed by atoms with Gasteiger partial charge in [0.25, 0.3) is 0 Å². The molecular formula is C16H27F2N5O. The fourth-order valence-corrected chi connectivity index (χ4v) is 2.99. The molecule has 0 bridgehead atoms. The van der Waals surface area contributed by atoms with Crippen LogP contribution in [0.1, 0.15) is 58.7 Å². The Morgan fingerprint density at radius 2 is 1.88 bits per heavy atom. The van der Waals surface area contributed by atoms with E-state index in [0.717, 1.165) is 0 Å². The van der Waals surface area contributed by atoms with E-state index < -0.39 is 5.92 Å². The zero-order valence-electron chi connectivity index (χ0n) is 14.5. The molecule has 6 nitrogen and oxygen atoms in total. The van der Waals surface area contributed by atoms with Gasteiger partial charge in [-0.05, 0) is 25.2 Å². The molecule has 1 unspecified atom stereocenters. The minimum absolute atomic E-state index is 0.0305. The second-order valence-corrected chi connectivity index (χ2v) is 7.55. The SMILES string of the molecule is CC(C)(C)c1nc(N)nc(NC(CCO)C2CCC(F)(F)CC2)n1. The number of nitrogen functional groups attached to an aromatic ring is 1. The van der Waals surface area contributed by atoms with E-state index in [1.807, 2.05) is 20.8 Å². The lowest BCUT2D eigenvalue weighted by Gasteiger charge is -2.34. The molecule has 2 rings (SSSR count). The van der Waals surface area contributed by atoms with Crippen LogP contribution in [0.15, 0.2) is 0 Å². The van der Waals surface area contributed by atoms with Crippen LogP contribution in [0, 0.1) is 5.92 Å². The summed E-state index contributed by atoms with van der Waals surface area (Å²) in [6.45, 7) is 5.89. The van der Waals surface area contributed by atoms with Gasteiger partial charge in [-0.3, -0.25) is 0 Å². The lowest BCUT2D eigenvalue weighted by molar-refractivity contribution is -0.0480. The van der Waals surface area contributed by atoms with Crippen LogP contribution in [0.2, 0.25) is 0 Å². The molecule has 8 heteroatoms. The zero-order valence-corrected chi connectivity index (χ0v) is 14.5. The number of rotatable bonds is 5. The van der Waals surface area contributed by atoms with Gasteiger partial charge in [0.05, 0.1) is 0 Å². The highest BCUT2D eigenvalue weighted by Gasteiger charge is 2.37. The first-order chi connectivity index (χ1) is 11.1. The third-order valence-corrected chi connectivity index (χ3v) is 4.41. The van der Waals surface area contributed by atoms with E-state index in [2.05, 4.69) is 20.3 Å². The maximum atomic E-state index is 13.4. The molecule has 1 saturated carbocycles. The summed E-state index contributed by atoms with van der Waals surface area (Å²) >= 11 is 0. The Bertz CT molecular complexity index is 552. The van der Waals surface area contributed by atoms with E-state index in [-0.39, 0.29) is 42.8 Å². The van der Waals surface area contributed by atoms with E-state index in [1.54, 1.807) is 0 Å². The van der Waals surface area contributed by atoms with Crippen molar-refractivity contribution >= 4 is 11.9 Å². The Kier molecular flexibility index (Phi) is 5.57. The second-order valence-electron chi connectivity index (χ2n) is 7.55. The van der Waals surface area contributed by atoms with Crippen molar-refractivity contribution in [2.24, 2.45) is 5.92 Å². The van der Waals surface area contributed by atoms with Crippen LogP contribution >= 0.6 is 0 Å². The molecule has 0 aliphatic heterocycles. The maximum Gasteiger partial charge on any atom is 0.248 e. The summed E-state index contributed by atoms with van der Waals surface area (Å²) < 4.78 is 26.7. The molecule has 24 heavy (non-hydrogen) atoms. The molecule has 1 aliphatic rings. The first kappa shape index (κ1) is 18.8. The molecule has 0 saturated heterocycles. The van der Waals surface area contributed by atoms with Gasteiger partial charge in [-0.25, -0.2) is 8.78 Å². The third kappa shape index (κ3) is 4.96. The number of alkyl halides is 2. The van der Waals surface area contributed by atoms with Crippen LogP contribution in [0.4, 0.5) is 20.7 Å². The van der Waals surface area contributed by atoms with Crippen LogP contribution < -0.4 is 11.1 Å². The number of halogens is 2. The Labute approximate surface area is 141 Å². The number of hydrogen-bond acceptors (Lipinski definition) is 6. The quantitative estimate of drug-likeness (QED) is 0.760. The standard InChI is InChI=1S/C16H27F2N5O/c1-15(2,3)12-21-13(19)23-14(22-12)20-11(6-9-24)10-4-7-16(17,18)8-5-10/h10-11,24H,4-9H2,1-3H3,(H3,19,20,21,22,23). The van der Waals surface area contributed by atoms with Gasteiger partial charge in [0.15, 0.2) is 0 Å². The van der Waals surface area contributed by atoms with Gasteiger partial charge in [-0.1, -0.05) is 20.8 Å². The zero-order chi connectivity index (χ0) is 18.0. The number of aliphatic hydroxyl groups excluding tert-OH is 1. The number of aromatic nitrogens is 3. The number of nitrogens with one attached hydrogen (secondary N) is 1. The predicted molar refractivity (Wildman–Crippen MR) is 89.0 cm³/mol. The fourth-order valence-electron chi connectivity index (χ4n) is 2.99.